The molecule has 2 fully saturated rings. The number of hydrogen-bond donors (Lipinski definition) is 0. The first-order chi connectivity index (χ1) is 6.74. The molecule has 0 amide bonds. The van der Waals surface area contributed by atoms with Crippen LogP contribution < -0.4 is 0 Å². The third kappa shape index (κ3) is 2.15. The highest BCUT2D eigenvalue weighted by Crippen LogP contribution is 2.53. The average molecular weight is 194 g/mol. The van der Waals surface area contributed by atoms with Gasteiger partial charge in [-0.05, 0) is 49.4 Å². The van der Waals surface area contributed by atoms with E-state index in [0.717, 1.165) is 17.3 Å². The fourth-order valence-electron chi connectivity index (χ4n) is 4.16. The van der Waals surface area contributed by atoms with Crippen LogP contribution in [-0.2, 0) is 0 Å². The van der Waals surface area contributed by atoms with Gasteiger partial charge in [-0.15, -0.1) is 0 Å². The minimum absolute atomic E-state index is 0.817. The maximum Gasteiger partial charge on any atom is -0.0292 e. The van der Waals surface area contributed by atoms with Crippen molar-refractivity contribution in [2.45, 2.75) is 71.6 Å². The Kier molecular flexibility index (Phi) is 3.19. The molecule has 0 nitrogen and oxygen atoms in total. The van der Waals surface area contributed by atoms with Gasteiger partial charge in [0, 0.05) is 0 Å². The monoisotopic (exact) mass is 194 g/mol. The molecule has 0 aromatic carbocycles. The van der Waals surface area contributed by atoms with Crippen LogP contribution in [-0.4, -0.2) is 0 Å². The normalized spacial score (nSPS) is 43.3. The molecule has 2 aliphatic carbocycles. The maximum absolute atomic E-state index is 2.47. The van der Waals surface area contributed by atoms with Gasteiger partial charge in [0.1, 0.15) is 0 Å². The van der Waals surface area contributed by atoms with E-state index in [9.17, 15) is 0 Å². The Bertz CT molecular complexity index is 184. The van der Waals surface area contributed by atoms with Gasteiger partial charge >= 0.3 is 0 Å². The molecular formula is C14H26. The van der Waals surface area contributed by atoms with Gasteiger partial charge < -0.3 is 0 Å². The van der Waals surface area contributed by atoms with Crippen LogP contribution in [0.3, 0.4) is 0 Å². The van der Waals surface area contributed by atoms with E-state index in [-0.39, 0.29) is 0 Å². The summed E-state index contributed by atoms with van der Waals surface area (Å²) in [6.07, 6.45) is 13.7. The molecule has 2 saturated carbocycles. The van der Waals surface area contributed by atoms with E-state index in [1.54, 1.807) is 32.1 Å². The zero-order valence-electron chi connectivity index (χ0n) is 10.0. The van der Waals surface area contributed by atoms with Crippen molar-refractivity contribution in [3.63, 3.8) is 0 Å². The standard InChI is InChI=1S/C14H26/c1-3-5-13-7-9-14(11-13)8-4-6-12(2)10-14/h12-13H,3-11H2,1-2H3. The zero-order chi connectivity index (χ0) is 10.0. The van der Waals surface area contributed by atoms with Crippen LogP contribution in [0.2, 0.25) is 0 Å². The van der Waals surface area contributed by atoms with E-state index in [1.165, 1.54) is 25.7 Å². The Morgan fingerprint density at radius 3 is 2.71 bits per heavy atom. The Morgan fingerprint density at radius 1 is 1.14 bits per heavy atom. The lowest BCUT2D eigenvalue weighted by Crippen LogP contribution is -2.25. The predicted molar refractivity (Wildman–Crippen MR) is 62.3 cm³/mol. The molecule has 0 bridgehead atoms. The van der Waals surface area contributed by atoms with Gasteiger partial charge in [-0.3, -0.25) is 0 Å². The molecule has 2 rings (SSSR count). The summed E-state index contributed by atoms with van der Waals surface area (Å²) in [4.78, 5) is 0. The summed E-state index contributed by atoms with van der Waals surface area (Å²) in [5, 5.41) is 0. The molecule has 0 N–H and O–H groups in total. The molecule has 2 aliphatic rings. The minimum atomic E-state index is 0.817. The van der Waals surface area contributed by atoms with Gasteiger partial charge in [-0.25, -0.2) is 0 Å². The Morgan fingerprint density at radius 2 is 2.00 bits per heavy atom. The highest BCUT2D eigenvalue weighted by Gasteiger charge is 2.40. The van der Waals surface area contributed by atoms with Gasteiger partial charge in [0.15, 0.2) is 0 Å². The Labute approximate surface area is 89.5 Å². The summed E-state index contributed by atoms with van der Waals surface area (Å²) in [6.45, 7) is 4.81. The first-order valence-electron chi connectivity index (χ1n) is 6.74. The molecule has 0 heteroatoms. The van der Waals surface area contributed by atoms with E-state index in [1.807, 2.05) is 0 Å². The van der Waals surface area contributed by atoms with Crippen molar-refractivity contribution in [3.8, 4) is 0 Å². The first kappa shape index (κ1) is 10.5. The minimum Gasteiger partial charge on any atom is -0.0654 e. The number of hydrogen-bond acceptors (Lipinski definition) is 0. The quantitative estimate of drug-likeness (QED) is 0.593. The van der Waals surface area contributed by atoms with Crippen LogP contribution >= 0.6 is 0 Å². The summed E-state index contributed by atoms with van der Waals surface area (Å²) in [7, 11) is 0. The van der Waals surface area contributed by atoms with Crippen molar-refractivity contribution in [3.05, 3.63) is 0 Å². The highest BCUT2D eigenvalue weighted by molar-refractivity contribution is 4.92. The largest absolute Gasteiger partial charge is 0.0654 e. The third-order valence-electron chi connectivity index (χ3n) is 4.69. The van der Waals surface area contributed by atoms with E-state index < -0.39 is 0 Å². The second-order valence-electron chi connectivity index (χ2n) is 6.10. The van der Waals surface area contributed by atoms with E-state index in [4.69, 9.17) is 0 Å². The molecule has 0 saturated heterocycles. The first-order valence-corrected chi connectivity index (χ1v) is 6.74. The van der Waals surface area contributed by atoms with Gasteiger partial charge in [-0.1, -0.05) is 39.5 Å². The van der Waals surface area contributed by atoms with Crippen molar-refractivity contribution in [2.75, 3.05) is 0 Å². The third-order valence-corrected chi connectivity index (χ3v) is 4.69. The van der Waals surface area contributed by atoms with Crippen molar-refractivity contribution >= 4 is 0 Å². The lowest BCUT2D eigenvalue weighted by molar-refractivity contribution is 0.146. The molecule has 82 valence electrons. The Hall–Kier alpha value is 0. The van der Waals surface area contributed by atoms with Crippen molar-refractivity contribution < 1.29 is 0 Å². The highest BCUT2D eigenvalue weighted by atomic mass is 14.5. The van der Waals surface area contributed by atoms with Crippen LogP contribution in [0.15, 0.2) is 0 Å². The lowest BCUT2D eigenvalue weighted by Gasteiger charge is -2.37. The smallest absolute Gasteiger partial charge is 0.0292 e. The SMILES string of the molecule is CCCC1CCC2(CCCC(C)C2)C1. The summed E-state index contributed by atoms with van der Waals surface area (Å²) < 4.78 is 0. The maximum atomic E-state index is 2.47. The number of rotatable bonds is 2. The molecule has 3 atom stereocenters. The van der Waals surface area contributed by atoms with E-state index >= 15 is 0 Å². The Balaban J connectivity index is 1.91. The zero-order valence-corrected chi connectivity index (χ0v) is 10.0. The molecule has 1 spiro atoms. The van der Waals surface area contributed by atoms with Gasteiger partial charge in [-0.2, -0.15) is 0 Å². The van der Waals surface area contributed by atoms with Crippen molar-refractivity contribution in [1.29, 1.82) is 0 Å². The summed E-state index contributed by atoms with van der Waals surface area (Å²) in [5.74, 6) is 2.11. The topological polar surface area (TPSA) is 0 Å². The van der Waals surface area contributed by atoms with Gasteiger partial charge in [0.05, 0.1) is 0 Å². The van der Waals surface area contributed by atoms with Crippen LogP contribution in [0.25, 0.3) is 0 Å². The van der Waals surface area contributed by atoms with Crippen LogP contribution in [0, 0.1) is 17.3 Å². The molecule has 3 unspecified atom stereocenters. The summed E-state index contributed by atoms with van der Waals surface area (Å²) in [5.41, 5.74) is 0.817. The van der Waals surface area contributed by atoms with Gasteiger partial charge in [0.25, 0.3) is 0 Å². The molecule has 0 aromatic rings. The summed E-state index contributed by atoms with van der Waals surface area (Å²) >= 11 is 0. The lowest BCUT2D eigenvalue weighted by atomic mass is 9.68. The van der Waals surface area contributed by atoms with E-state index in [0.29, 0.717) is 0 Å². The molecule has 0 aliphatic heterocycles. The molecule has 14 heavy (non-hydrogen) atoms. The van der Waals surface area contributed by atoms with Gasteiger partial charge in [0.2, 0.25) is 0 Å². The second-order valence-corrected chi connectivity index (χ2v) is 6.10. The molecule has 0 heterocycles. The van der Waals surface area contributed by atoms with Crippen molar-refractivity contribution in [2.24, 2.45) is 17.3 Å². The molecule has 0 radical (unpaired) electrons. The summed E-state index contributed by atoms with van der Waals surface area (Å²) in [6, 6.07) is 0. The van der Waals surface area contributed by atoms with Crippen LogP contribution in [0.4, 0.5) is 0 Å². The molecule has 0 aromatic heterocycles. The van der Waals surface area contributed by atoms with Crippen LogP contribution in [0.1, 0.15) is 71.6 Å². The van der Waals surface area contributed by atoms with E-state index in [2.05, 4.69) is 13.8 Å². The second kappa shape index (κ2) is 4.24. The fraction of sp³-hybridized carbons (Fsp3) is 1.00. The predicted octanol–water partition coefficient (Wildman–Crippen LogP) is 4.78. The fourth-order valence-corrected chi connectivity index (χ4v) is 4.16. The van der Waals surface area contributed by atoms with Crippen LogP contribution in [0.5, 0.6) is 0 Å². The average Bonchev–Trinajstić information content (AvgIpc) is 2.49. The molecular weight excluding hydrogens is 168 g/mol. The van der Waals surface area contributed by atoms with Crippen molar-refractivity contribution in [1.82, 2.24) is 0 Å².